The monoisotopic (exact) mass is 430 g/mol. The number of aldehydes is 1. The molecule has 1 fully saturated rings. The van der Waals surface area contributed by atoms with Gasteiger partial charge in [-0.2, -0.15) is 0 Å². The maximum absolute atomic E-state index is 10.8. The quantitative estimate of drug-likeness (QED) is 0.307. The highest BCUT2D eigenvalue weighted by Crippen LogP contribution is 2.32. The Kier molecular flexibility index (Phi) is 8.55. The zero-order valence-electron chi connectivity index (χ0n) is 13.8. The second kappa shape index (κ2) is 10.4. The fraction of sp³-hybridized carbons (Fsp3) is 0.632. The molecule has 3 nitrogen and oxygen atoms in total. The van der Waals surface area contributed by atoms with Crippen molar-refractivity contribution in [1.82, 2.24) is 0 Å². The molecule has 128 valence electrons. The summed E-state index contributed by atoms with van der Waals surface area (Å²) in [6.07, 6.45) is 7.24. The van der Waals surface area contributed by atoms with Gasteiger partial charge >= 0.3 is 0 Å². The van der Waals surface area contributed by atoms with E-state index in [0.717, 1.165) is 31.1 Å². The van der Waals surface area contributed by atoms with Crippen molar-refractivity contribution >= 4 is 28.9 Å². The Morgan fingerprint density at radius 2 is 2.00 bits per heavy atom. The van der Waals surface area contributed by atoms with Crippen LogP contribution in [0, 0.1) is 0 Å². The summed E-state index contributed by atoms with van der Waals surface area (Å²) in [4.78, 5) is 10.8. The molecule has 0 unspecified atom stereocenters. The van der Waals surface area contributed by atoms with Crippen molar-refractivity contribution in [3.05, 3.63) is 35.9 Å². The third-order valence-corrected chi connectivity index (χ3v) is 5.77. The topological polar surface area (TPSA) is 35.5 Å². The van der Waals surface area contributed by atoms with Gasteiger partial charge in [0.15, 0.2) is 0 Å². The number of halogens is 1. The van der Waals surface area contributed by atoms with Crippen molar-refractivity contribution in [1.29, 1.82) is 0 Å². The molecule has 0 amide bonds. The number of hydrogen-bond acceptors (Lipinski definition) is 3. The Labute approximate surface area is 153 Å². The van der Waals surface area contributed by atoms with E-state index in [0.29, 0.717) is 23.1 Å². The molecule has 23 heavy (non-hydrogen) atoms. The van der Waals surface area contributed by atoms with Gasteiger partial charge in [-0.3, -0.25) is 0 Å². The van der Waals surface area contributed by atoms with Crippen LogP contribution in [0.15, 0.2) is 30.3 Å². The highest BCUT2D eigenvalue weighted by atomic mass is 127. The number of carbonyl (C=O) groups is 1. The van der Waals surface area contributed by atoms with Gasteiger partial charge in [-0.05, 0) is 31.2 Å². The average molecular weight is 430 g/mol. The average Bonchev–Trinajstić information content (AvgIpc) is 3.06. The van der Waals surface area contributed by atoms with Gasteiger partial charge < -0.3 is 14.3 Å². The molecule has 4 atom stereocenters. The molecule has 0 N–H and O–H groups in total. The first kappa shape index (κ1) is 18.9. The Bertz CT molecular complexity index is 451. The lowest BCUT2D eigenvalue weighted by Crippen LogP contribution is -2.31. The maximum Gasteiger partial charge on any atom is 0.120 e. The highest BCUT2D eigenvalue weighted by molar-refractivity contribution is 14.1. The van der Waals surface area contributed by atoms with Crippen molar-refractivity contribution in [3.63, 3.8) is 0 Å². The predicted octanol–water partition coefficient (Wildman–Crippen LogP) is 4.70. The Morgan fingerprint density at radius 3 is 2.70 bits per heavy atom. The van der Waals surface area contributed by atoms with E-state index in [-0.39, 0.29) is 12.2 Å². The number of benzene rings is 1. The molecule has 1 saturated heterocycles. The van der Waals surface area contributed by atoms with Gasteiger partial charge in [0, 0.05) is 10.3 Å². The van der Waals surface area contributed by atoms with Crippen LogP contribution in [0.3, 0.4) is 0 Å². The van der Waals surface area contributed by atoms with Crippen molar-refractivity contribution in [2.75, 3.05) is 0 Å². The molecule has 0 radical (unpaired) electrons. The molecule has 1 aliphatic rings. The van der Waals surface area contributed by atoms with Crippen molar-refractivity contribution in [2.45, 2.75) is 74.3 Å². The fourth-order valence-corrected chi connectivity index (χ4v) is 4.23. The molecule has 1 aliphatic heterocycles. The molecule has 1 aromatic rings. The molecular formula is C19H27IO3. The summed E-state index contributed by atoms with van der Waals surface area (Å²) in [5, 5.41) is 0. The molecule has 0 spiro atoms. The predicted molar refractivity (Wildman–Crippen MR) is 101 cm³/mol. The fourth-order valence-electron chi connectivity index (χ4n) is 3.08. The van der Waals surface area contributed by atoms with Crippen molar-refractivity contribution in [2.24, 2.45) is 0 Å². The summed E-state index contributed by atoms with van der Waals surface area (Å²) in [5.41, 5.74) is 1.16. The summed E-state index contributed by atoms with van der Waals surface area (Å²) in [6.45, 7) is 2.80. The Hall–Kier alpha value is -0.460. The number of ether oxygens (including phenoxy) is 2. The zero-order chi connectivity index (χ0) is 16.5. The van der Waals surface area contributed by atoms with E-state index >= 15 is 0 Å². The van der Waals surface area contributed by atoms with E-state index in [1.165, 1.54) is 12.8 Å². The summed E-state index contributed by atoms with van der Waals surface area (Å²) >= 11 is 2.51. The molecular weight excluding hydrogens is 403 g/mol. The molecule has 0 aliphatic carbocycles. The summed E-state index contributed by atoms with van der Waals surface area (Å²) in [6, 6.07) is 10.2. The van der Waals surface area contributed by atoms with Crippen LogP contribution in [-0.2, 0) is 20.9 Å². The van der Waals surface area contributed by atoms with Crippen molar-refractivity contribution in [3.8, 4) is 0 Å². The third-order valence-electron chi connectivity index (χ3n) is 4.34. The molecule has 0 aromatic heterocycles. The van der Waals surface area contributed by atoms with E-state index < -0.39 is 0 Å². The molecule has 0 bridgehead atoms. The zero-order valence-corrected chi connectivity index (χ0v) is 16.0. The Morgan fingerprint density at radius 1 is 1.26 bits per heavy atom. The van der Waals surface area contributed by atoms with Gasteiger partial charge in [0.05, 0.1) is 24.9 Å². The van der Waals surface area contributed by atoms with E-state index in [4.69, 9.17) is 9.47 Å². The molecule has 0 saturated carbocycles. The van der Waals surface area contributed by atoms with Crippen LogP contribution in [0.1, 0.15) is 51.0 Å². The van der Waals surface area contributed by atoms with Gasteiger partial charge in [0.2, 0.25) is 0 Å². The van der Waals surface area contributed by atoms with Crippen LogP contribution in [0.25, 0.3) is 0 Å². The summed E-state index contributed by atoms with van der Waals surface area (Å²) in [5.74, 6) is 0. The van der Waals surface area contributed by atoms with Gasteiger partial charge in [-0.15, -0.1) is 0 Å². The highest BCUT2D eigenvalue weighted by Gasteiger charge is 2.34. The van der Waals surface area contributed by atoms with Gasteiger partial charge in [0.1, 0.15) is 6.29 Å². The minimum absolute atomic E-state index is 0.00985. The van der Waals surface area contributed by atoms with Crippen LogP contribution < -0.4 is 0 Å². The van der Waals surface area contributed by atoms with Gasteiger partial charge in [-0.25, -0.2) is 0 Å². The second-order valence-corrected chi connectivity index (χ2v) is 7.77. The minimum atomic E-state index is 0.00985. The van der Waals surface area contributed by atoms with E-state index in [1.54, 1.807) is 0 Å². The molecule has 4 heteroatoms. The smallest absolute Gasteiger partial charge is 0.120 e. The van der Waals surface area contributed by atoms with E-state index in [1.807, 2.05) is 18.2 Å². The minimum Gasteiger partial charge on any atom is -0.371 e. The molecule has 2 rings (SSSR count). The third kappa shape index (κ3) is 6.16. The summed E-state index contributed by atoms with van der Waals surface area (Å²) in [7, 11) is 0. The van der Waals surface area contributed by atoms with Crippen LogP contribution >= 0.6 is 22.6 Å². The molecule has 1 aromatic carbocycles. The SMILES string of the molecule is CCC[C@H](I)[C@@H]1CC[C@H]([C@H](CCC=O)OCc2ccccc2)O1. The Balaban J connectivity index is 1.89. The molecule has 1 heterocycles. The lowest BCUT2D eigenvalue weighted by Gasteiger charge is -2.25. The summed E-state index contributed by atoms with van der Waals surface area (Å²) < 4.78 is 13.0. The van der Waals surface area contributed by atoms with Crippen LogP contribution in [0.5, 0.6) is 0 Å². The normalized spacial score (nSPS) is 23.6. The second-order valence-electron chi connectivity index (χ2n) is 6.17. The number of alkyl halides is 1. The maximum atomic E-state index is 10.8. The van der Waals surface area contributed by atoms with Crippen LogP contribution in [-0.4, -0.2) is 28.5 Å². The number of hydrogen-bond donors (Lipinski definition) is 0. The lowest BCUT2D eigenvalue weighted by molar-refractivity contribution is -0.110. The van der Waals surface area contributed by atoms with Crippen LogP contribution in [0.4, 0.5) is 0 Å². The van der Waals surface area contributed by atoms with E-state index in [9.17, 15) is 4.79 Å². The van der Waals surface area contributed by atoms with Gasteiger partial charge in [-0.1, -0.05) is 66.3 Å². The number of rotatable bonds is 10. The lowest BCUT2D eigenvalue weighted by atomic mass is 10.0. The number of carbonyl (C=O) groups excluding carboxylic acids is 1. The standard InChI is InChI=1S/C19H27IO3/c1-2-7-16(20)17-11-12-19(23-17)18(10-6-13-21)22-14-15-8-4-3-5-9-15/h3-5,8-9,13,16-19H,2,6-7,10-12,14H2,1H3/t16-,17-,18-,19+/m0/s1. The first-order chi connectivity index (χ1) is 11.2. The van der Waals surface area contributed by atoms with Gasteiger partial charge in [0.25, 0.3) is 0 Å². The van der Waals surface area contributed by atoms with Crippen molar-refractivity contribution < 1.29 is 14.3 Å². The van der Waals surface area contributed by atoms with Crippen LogP contribution in [0.2, 0.25) is 0 Å². The van der Waals surface area contributed by atoms with E-state index in [2.05, 4.69) is 41.6 Å². The largest absolute Gasteiger partial charge is 0.371 e. The first-order valence-electron chi connectivity index (χ1n) is 8.63. The first-order valence-corrected chi connectivity index (χ1v) is 9.87.